The molecule has 10 heteroatoms. The van der Waals surface area contributed by atoms with Gasteiger partial charge in [-0.1, -0.05) is 35.9 Å². The number of thioether (sulfide) groups is 1. The van der Waals surface area contributed by atoms with E-state index in [4.69, 9.17) is 16.3 Å². The summed E-state index contributed by atoms with van der Waals surface area (Å²) in [6.07, 6.45) is 4.58. The van der Waals surface area contributed by atoms with Crippen LogP contribution >= 0.6 is 23.4 Å². The number of ether oxygens (including phenoxy) is 1. The summed E-state index contributed by atoms with van der Waals surface area (Å²) >= 11 is 8.24. The molecule has 5 atom stereocenters. The third-order valence-electron chi connectivity index (χ3n) is 9.19. The zero-order valence-electron chi connectivity index (χ0n) is 25.5. The minimum Gasteiger partial charge on any atom is -0.494 e. The number of β-amino-alcohol motifs (C(OH)–C–C–N with tert-alkyl or cyclic N) is 1. The molecule has 2 bridgehead atoms. The lowest BCUT2D eigenvalue weighted by Gasteiger charge is -2.38. The molecule has 1 spiro atoms. The molecule has 0 saturated carbocycles. The van der Waals surface area contributed by atoms with Gasteiger partial charge in [-0.15, -0.1) is 24.9 Å². The number of amides is 3. The Morgan fingerprint density at radius 3 is 2.41 bits per heavy atom. The van der Waals surface area contributed by atoms with Crippen molar-refractivity contribution >= 4 is 52.5 Å². The number of aliphatic hydroxyl groups is 1. The van der Waals surface area contributed by atoms with Crippen molar-refractivity contribution in [1.29, 1.82) is 0 Å². The smallest absolute Gasteiger partial charge is 0.251 e. The van der Waals surface area contributed by atoms with Crippen LogP contribution in [0.25, 0.3) is 0 Å². The standard InChI is InChI=1S/C34H40ClN3O5S/c1-6-18-36(23-12-14-24(15-13-23)43-8-3)30(40)26-27-31(41)38(20-21-39)29(34(27)17-16-33(26,5)44-34)32(42)37(19-7-2)28-22(4)10-9-11-25(28)35/h6-7,9-15,26-27,29,39H,1-2,8,16-21H2,3-5H3/t26-,27+,29?,33+,34?/m1/s1. The van der Waals surface area contributed by atoms with Gasteiger partial charge in [0, 0.05) is 30.1 Å². The number of halogens is 1. The molecule has 3 fully saturated rings. The number of hydrogen-bond donors (Lipinski definition) is 1. The van der Waals surface area contributed by atoms with Crippen LogP contribution in [0.1, 0.15) is 32.3 Å². The molecule has 3 aliphatic heterocycles. The highest BCUT2D eigenvalue weighted by molar-refractivity contribution is 8.02. The van der Waals surface area contributed by atoms with Crippen LogP contribution in [0, 0.1) is 18.8 Å². The molecule has 0 aliphatic carbocycles. The van der Waals surface area contributed by atoms with E-state index in [0.717, 1.165) is 5.56 Å². The number of anilines is 2. The van der Waals surface area contributed by atoms with Crippen molar-refractivity contribution in [2.75, 3.05) is 42.6 Å². The van der Waals surface area contributed by atoms with Crippen LogP contribution in [0.4, 0.5) is 11.4 Å². The molecular weight excluding hydrogens is 598 g/mol. The molecule has 8 nitrogen and oxygen atoms in total. The van der Waals surface area contributed by atoms with Crippen LogP contribution in [-0.4, -0.2) is 76.1 Å². The molecule has 2 aromatic carbocycles. The molecular formula is C34H40ClN3O5S. The van der Waals surface area contributed by atoms with Crippen molar-refractivity contribution in [3.8, 4) is 5.75 Å². The van der Waals surface area contributed by atoms with Gasteiger partial charge in [-0.2, -0.15) is 0 Å². The highest BCUT2D eigenvalue weighted by Crippen LogP contribution is 2.71. The number of aliphatic hydroxyl groups excluding tert-OH is 1. The molecule has 234 valence electrons. The Bertz CT molecular complexity index is 1450. The Kier molecular flexibility index (Phi) is 9.21. The number of nitrogens with zero attached hydrogens (tertiary/aromatic N) is 3. The molecule has 3 saturated heterocycles. The number of rotatable bonds is 12. The fourth-order valence-electron chi connectivity index (χ4n) is 7.47. The van der Waals surface area contributed by atoms with E-state index in [1.165, 1.54) is 4.90 Å². The average Bonchev–Trinajstić information content (AvgIpc) is 3.56. The highest BCUT2D eigenvalue weighted by atomic mass is 35.5. The number of fused-ring (bicyclic) bond motifs is 1. The van der Waals surface area contributed by atoms with Crippen LogP contribution in [0.2, 0.25) is 5.02 Å². The second-order valence-corrected chi connectivity index (χ2v) is 14.1. The number of aryl methyl sites for hydroxylation is 1. The average molecular weight is 638 g/mol. The van der Waals surface area contributed by atoms with E-state index in [2.05, 4.69) is 13.2 Å². The second kappa shape index (κ2) is 12.6. The van der Waals surface area contributed by atoms with Gasteiger partial charge in [0.05, 0.1) is 40.5 Å². The summed E-state index contributed by atoms with van der Waals surface area (Å²) in [4.78, 5) is 48.5. The topological polar surface area (TPSA) is 90.4 Å². The largest absolute Gasteiger partial charge is 0.494 e. The lowest BCUT2D eigenvalue weighted by atomic mass is 9.66. The minimum absolute atomic E-state index is 0.00955. The van der Waals surface area contributed by atoms with Crippen LogP contribution in [0.5, 0.6) is 5.75 Å². The number of hydrogen-bond acceptors (Lipinski definition) is 6. The third kappa shape index (κ3) is 5.12. The zero-order chi connectivity index (χ0) is 31.8. The summed E-state index contributed by atoms with van der Waals surface area (Å²) in [7, 11) is 0. The quantitative estimate of drug-likeness (QED) is 0.320. The minimum atomic E-state index is -0.884. The fourth-order valence-corrected chi connectivity index (χ4v) is 10.1. The van der Waals surface area contributed by atoms with E-state index in [9.17, 15) is 19.5 Å². The van der Waals surface area contributed by atoms with Gasteiger partial charge in [0.1, 0.15) is 11.8 Å². The monoisotopic (exact) mass is 637 g/mol. The summed E-state index contributed by atoms with van der Waals surface area (Å²) in [5.74, 6) is -1.43. The van der Waals surface area contributed by atoms with Crippen molar-refractivity contribution < 1.29 is 24.2 Å². The number of carbonyl (C=O) groups is 3. The molecule has 44 heavy (non-hydrogen) atoms. The van der Waals surface area contributed by atoms with Gasteiger partial charge in [-0.05, 0) is 69.5 Å². The molecule has 3 heterocycles. The first-order valence-corrected chi connectivity index (χ1v) is 16.2. The molecule has 3 aliphatic rings. The van der Waals surface area contributed by atoms with Gasteiger partial charge in [-0.3, -0.25) is 14.4 Å². The number of benzene rings is 2. The Morgan fingerprint density at radius 1 is 1.11 bits per heavy atom. The van der Waals surface area contributed by atoms with Crippen molar-refractivity contribution in [2.24, 2.45) is 11.8 Å². The van der Waals surface area contributed by atoms with Gasteiger partial charge >= 0.3 is 0 Å². The zero-order valence-corrected chi connectivity index (χ0v) is 27.1. The summed E-state index contributed by atoms with van der Waals surface area (Å²) in [6, 6.07) is 11.9. The summed E-state index contributed by atoms with van der Waals surface area (Å²) < 4.78 is 4.19. The molecule has 2 unspecified atom stereocenters. The predicted molar refractivity (Wildman–Crippen MR) is 176 cm³/mol. The van der Waals surface area contributed by atoms with E-state index in [0.29, 0.717) is 41.6 Å². The normalized spacial score (nSPS) is 26.8. The van der Waals surface area contributed by atoms with E-state index in [1.807, 2.05) is 57.2 Å². The number of carbonyl (C=O) groups excluding carboxylic acids is 3. The predicted octanol–water partition coefficient (Wildman–Crippen LogP) is 5.26. The third-order valence-corrected chi connectivity index (χ3v) is 11.5. The first kappa shape index (κ1) is 32.1. The lowest BCUT2D eigenvalue weighted by molar-refractivity contribution is -0.140. The molecule has 0 aromatic heterocycles. The van der Waals surface area contributed by atoms with Gasteiger partial charge in [0.15, 0.2) is 0 Å². The van der Waals surface area contributed by atoms with E-state index >= 15 is 0 Å². The van der Waals surface area contributed by atoms with Gasteiger partial charge in [-0.25, -0.2) is 0 Å². The van der Waals surface area contributed by atoms with Crippen LogP contribution in [-0.2, 0) is 14.4 Å². The van der Waals surface area contributed by atoms with Crippen LogP contribution < -0.4 is 14.5 Å². The van der Waals surface area contributed by atoms with Crippen LogP contribution in [0.3, 0.4) is 0 Å². The number of likely N-dealkylation sites (tertiary alicyclic amines) is 1. The second-order valence-electron chi connectivity index (χ2n) is 11.8. The van der Waals surface area contributed by atoms with Crippen LogP contribution in [0.15, 0.2) is 67.8 Å². The lowest BCUT2D eigenvalue weighted by Crippen LogP contribution is -2.55. The SMILES string of the molecule is C=CCN(C(=O)[C@H]1[C@H]2C(=O)N(CCO)C(C(=O)N(CC=C)c3c(C)cccc3Cl)C23CC[C@]1(C)S3)c1ccc(OCC)cc1. The van der Waals surface area contributed by atoms with Gasteiger partial charge < -0.3 is 24.5 Å². The van der Waals surface area contributed by atoms with Crippen molar-refractivity contribution in [3.05, 3.63) is 78.4 Å². The van der Waals surface area contributed by atoms with E-state index in [-0.39, 0.29) is 44.0 Å². The van der Waals surface area contributed by atoms with E-state index < -0.39 is 27.4 Å². The maximum atomic E-state index is 14.7. The summed E-state index contributed by atoms with van der Waals surface area (Å²) in [6.45, 7) is 14.3. The Labute approximate surface area is 268 Å². The van der Waals surface area contributed by atoms with Gasteiger partial charge in [0.2, 0.25) is 11.8 Å². The van der Waals surface area contributed by atoms with Crippen molar-refractivity contribution in [3.63, 3.8) is 0 Å². The fraction of sp³-hybridized carbons (Fsp3) is 0.441. The summed E-state index contributed by atoms with van der Waals surface area (Å²) in [5.41, 5.74) is 2.07. The summed E-state index contributed by atoms with van der Waals surface area (Å²) in [5, 5.41) is 10.5. The Hall–Kier alpha value is -3.27. The molecule has 1 N–H and O–H groups in total. The first-order valence-electron chi connectivity index (χ1n) is 15.0. The number of para-hydroxylation sites is 1. The maximum Gasteiger partial charge on any atom is 0.251 e. The molecule has 0 radical (unpaired) electrons. The molecule has 5 rings (SSSR count). The molecule has 3 amide bonds. The van der Waals surface area contributed by atoms with Crippen molar-refractivity contribution in [1.82, 2.24) is 4.90 Å². The van der Waals surface area contributed by atoms with Crippen molar-refractivity contribution in [2.45, 2.75) is 49.1 Å². The maximum absolute atomic E-state index is 14.7. The first-order chi connectivity index (χ1) is 21.1. The van der Waals surface area contributed by atoms with E-state index in [1.54, 1.807) is 39.8 Å². The Balaban J connectivity index is 1.57. The Morgan fingerprint density at radius 2 is 1.80 bits per heavy atom. The highest BCUT2D eigenvalue weighted by Gasteiger charge is 2.77. The molecule has 2 aromatic rings. The van der Waals surface area contributed by atoms with Gasteiger partial charge in [0.25, 0.3) is 5.91 Å².